The third-order valence-corrected chi connectivity index (χ3v) is 6.43. The van der Waals surface area contributed by atoms with Gasteiger partial charge >= 0.3 is 12.4 Å². The van der Waals surface area contributed by atoms with E-state index in [-0.39, 0.29) is 23.6 Å². The van der Waals surface area contributed by atoms with Crippen LogP contribution in [0, 0.1) is 11.3 Å². The van der Waals surface area contributed by atoms with Crippen molar-refractivity contribution in [2.45, 2.75) is 24.9 Å². The van der Waals surface area contributed by atoms with Gasteiger partial charge in [-0.3, -0.25) is 15.1 Å². The summed E-state index contributed by atoms with van der Waals surface area (Å²) < 4.78 is 79.9. The van der Waals surface area contributed by atoms with Crippen molar-refractivity contribution in [1.29, 1.82) is 5.26 Å². The molecule has 1 aromatic heterocycles. The first-order valence-electron chi connectivity index (χ1n) is 11.7. The molecule has 0 saturated carbocycles. The van der Waals surface area contributed by atoms with Crippen LogP contribution >= 0.6 is 0 Å². The van der Waals surface area contributed by atoms with Crippen molar-refractivity contribution in [3.8, 4) is 6.07 Å². The van der Waals surface area contributed by atoms with Gasteiger partial charge < -0.3 is 5.11 Å². The third-order valence-electron chi connectivity index (χ3n) is 6.43. The summed E-state index contributed by atoms with van der Waals surface area (Å²) in [7, 11) is 0. The second kappa shape index (κ2) is 10.2. The Balaban J connectivity index is 1.80. The fraction of sp³-hybridized carbons (Fsp3) is 0.185. The van der Waals surface area contributed by atoms with Gasteiger partial charge in [-0.05, 0) is 55.5 Å². The maximum Gasteiger partial charge on any atom is 0.430 e. The number of benzene rings is 2. The number of aliphatic hydroxyl groups is 1. The summed E-state index contributed by atoms with van der Waals surface area (Å²) in [6, 6.07) is 14.0. The van der Waals surface area contributed by atoms with E-state index in [4.69, 9.17) is 10.4 Å². The van der Waals surface area contributed by atoms with Crippen LogP contribution < -0.4 is 9.91 Å². The first-order valence-corrected chi connectivity index (χ1v) is 11.7. The van der Waals surface area contributed by atoms with Crippen molar-refractivity contribution in [2.75, 3.05) is 6.54 Å². The number of hydrogen-bond donors (Lipinski definition) is 2. The van der Waals surface area contributed by atoms with E-state index in [0.717, 1.165) is 12.1 Å². The maximum atomic E-state index is 13.4. The summed E-state index contributed by atoms with van der Waals surface area (Å²) in [6.07, 6.45) is -7.53. The van der Waals surface area contributed by atoms with E-state index in [1.54, 1.807) is 19.1 Å². The zero-order valence-electron chi connectivity index (χ0n) is 20.6. The van der Waals surface area contributed by atoms with E-state index in [1.807, 2.05) is 6.07 Å². The fourth-order valence-corrected chi connectivity index (χ4v) is 4.24. The van der Waals surface area contributed by atoms with Crippen molar-refractivity contribution >= 4 is 17.3 Å². The molecule has 4 rings (SSSR count). The number of hydrogen-bond acceptors (Lipinski definition) is 5. The summed E-state index contributed by atoms with van der Waals surface area (Å²) in [5.41, 5.74) is -4.91. The Labute approximate surface area is 223 Å². The molecular formula is C27H20F6N5O2+. The fourth-order valence-electron chi connectivity index (χ4n) is 4.24. The van der Waals surface area contributed by atoms with Gasteiger partial charge in [0.25, 0.3) is 11.5 Å². The lowest BCUT2D eigenvalue weighted by Crippen LogP contribution is -2.54. The van der Waals surface area contributed by atoms with E-state index in [1.165, 1.54) is 42.7 Å². The number of aromatic nitrogens is 1. The molecule has 1 amide bonds. The highest BCUT2D eigenvalue weighted by Gasteiger charge is 2.71. The zero-order chi connectivity index (χ0) is 29.3. The number of alkyl halides is 6. The minimum absolute atomic E-state index is 0.0935. The number of nitrogens with zero attached hydrogens (tertiary/aromatic N) is 4. The number of allylic oxidation sites excluding steroid dienone is 1. The summed E-state index contributed by atoms with van der Waals surface area (Å²) in [4.78, 5) is 17.0. The second-order valence-electron chi connectivity index (χ2n) is 8.73. The van der Waals surface area contributed by atoms with Crippen LogP contribution in [0.3, 0.4) is 0 Å². The van der Waals surface area contributed by atoms with Gasteiger partial charge in [-0.25, -0.2) is 0 Å². The molecule has 0 aliphatic carbocycles. The summed E-state index contributed by atoms with van der Waals surface area (Å²) in [5, 5.41) is 26.2. The molecule has 206 valence electrons. The molecule has 13 heteroatoms. The lowest BCUT2D eigenvalue weighted by Gasteiger charge is -2.33. The van der Waals surface area contributed by atoms with Gasteiger partial charge in [-0.15, -0.1) is 4.59 Å². The zero-order valence-corrected chi connectivity index (χ0v) is 20.6. The van der Waals surface area contributed by atoms with Gasteiger partial charge in [-0.1, -0.05) is 5.10 Å². The Kier molecular flexibility index (Phi) is 7.27. The number of carbonyl (C=O) groups excluding carboxylic acids is 1. The van der Waals surface area contributed by atoms with Crippen LogP contribution in [0.25, 0.3) is 0 Å². The van der Waals surface area contributed by atoms with Gasteiger partial charge in [0.2, 0.25) is 5.82 Å². The van der Waals surface area contributed by atoms with Gasteiger partial charge in [0.15, 0.2) is 5.69 Å². The molecule has 7 nitrogen and oxygen atoms in total. The number of halogens is 6. The molecule has 0 saturated heterocycles. The Morgan fingerprint density at radius 3 is 2.02 bits per heavy atom. The SMILES string of the molecule is CC[N+]1(c2ccc(C(O)(C(F)(F)F)C(F)(F)F)cc2)N=C(c2ccncc2)C=C1NC(=O)c1ccc(C#N)cc1. The molecule has 3 aromatic rings. The van der Waals surface area contributed by atoms with Crippen molar-refractivity contribution < 1.29 is 36.2 Å². The standard InChI is InChI=1S/C27H19F6N5O2/c1-2-38(21-9-7-20(8-10-21)25(40,26(28,29)30)27(31,32)33)23(15-22(37-38)18-11-13-35-14-12-18)36-24(39)19-5-3-17(16-34)4-6-19/h3-15,40H,2H2,1H3/p+1. The predicted molar refractivity (Wildman–Crippen MR) is 132 cm³/mol. The lowest BCUT2D eigenvalue weighted by atomic mass is 9.92. The maximum absolute atomic E-state index is 13.4. The second-order valence-corrected chi connectivity index (χ2v) is 8.73. The first-order chi connectivity index (χ1) is 18.8. The van der Waals surface area contributed by atoms with Crippen molar-refractivity contribution in [1.82, 2.24) is 14.9 Å². The van der Waals surface area contributed by atoms with E-state index < -0.39 is 34.0 Å². The van der Waals surface area contributed by atoms with Gasteiger partial charge in [0, 0.05) is 41.2 Å². The highest BCUT2D eigenvalue weighted by atomic mass is 19.4. The Bertz CT molecular complexity index is 1490. The van der Waals surface area contributed by atoms with Gasteiger partial charge in [-0.2, -0.15) is 31.6 Å². The van der Waals surface area contributed by atoms with E-state index in [0.29, 0.717) is 29.0 Å². The molecule has 1 unspecified atom stereocenters. The molecule has 0 fully saturated rings. The van der Waals surface area contributed by atoms with E-state index in [9.17, 15) is 36.2 Å². The molecule has 1 atom stereocenters. The number of quaternary nitrogens is 1. The minimum atomic E-state index is -6.04. The molecule has 0 bridgehead atoms. The number of nitrogens with one attached hydrogen (secondary N) is 1. The van der Waals surface area contributed by atoms with Crippen LogP contribution in [0.5, 0.6) is 0 Å². The Morgan fingerprint density at radius 1 is 0.950 bits per heavy atom. The molecule has 2 heterocycles. The average molecular weight is 560 g/mol. The molecule has 1 aliphatic rings. The smallest absolute Gasteiger partial charge is 0.369 e. The minimum Gasteiger partial charge on any atom is -0.369 e. The average Bonchev–Trinajstić information content (AvgIpc) is 3.31. The molecule has 0 radical (unpaired) electrons. The van der Waals surface area contributed by atoms with Crippen molar-refractivity contribution in [3.05, 3.63) is 107 Å². The van der Waals surface area contributed by atoms with Crippen LogP contribution in [0.4, 0.5) is 32.0 Å². The number of carbonyl (C=O) groups is 1. The quantitative estimate of drug-likeness (QED) is 0.317. The van der Waals surface area contributed by atoms with Crippen molar-refractivity contribution in [2.24, 2.45) is 5.10 Å². The van der Waals surface area contributed by atoms with E-state index in [2.05, 4.69) is 10.3 Å². The number of amides is 1. The number of nitriles is 1. The van der Waals surface area contributed by atoms with Crippen molar-refractivity contribution in [3.63, 3.8) is 0 Å². The Morgan fingerprint density at radius 2 is 1.52 bits per heavy atom. The molecule has 40 heavy (non-hydrogen) atoms. The monoisotopic (exact) mass is 560 g/mol. The highest BCUT2D eigenvalue weighted by Crippen LogP contribution is 2.50. The molecule has 2 aromatic carbocycles. The normalized spacial score (nSPS) is 17.6. The van der Waals surface area contributed by atoms with E-state index >= 15 is 0 Å². The first kappa shape index (κ1) is 28.5. The topological polar surface area (TPSA) is 98.4 Å². The lowest BCUT2D eigenvalue weighted by molar-refractivity contribution is -0.376. The molecule has 1 aliphatic heterocycles. The summed E-state index contributed by atoms with van der Waals surface area (Å²) >= 11 is 0. The van der Waals surface area contributed by atoms with Crippen LogP contribution in [0.1, 0.15) is 34.0 Å². The van der Waals surface area contributed by atoms with Gasteiger partial charge in [0.05, 0.1) is 17.7 Å². The number of rotatable bonds is 6. The highest BCUT2D eigenvalue weighted by molar-refractivity contribution is 6.11. The summed E-state index contributed by atoms with van der Waals surface area (Å²) in [5.74, 6) is -0.420. The molecular weight excluding hydrogens is 540 g/mol. The largest absolute Gasteiger partial charge is 0.430 e. The predicted octanol–water partition coefficient (Wildman–Crippen LogP) is 5.28. The van der Waals surface area contributed by atoms with Crippen LogP contribution in [-0.2, 0) is 5.60 Å². The van der Waals surface area contributed by atoms with Crippen LogP contribution in [-0.4, -0.2) is 40.6 Å². The van der Waals surface area contributed by atoms with Crippen LogP contribution in [0.2, 0.25) is 0 Å². The summed E-state index contributed by atoms with van der Waals surface area (Å²) in [6.45, 7) is 1.76. The Hall–Kier alpha value is -4.54. The molecule has 0 spiro atoms. The van der Waals surface area contributed by atoms with Crippen LogP contribution in [0.15, 0.2) is 90.1 Å². The molecule has 2 N–H and O–H groups in total. The number of pyridine rings is 1. The van der Waals surface area contributed by atoms with Gasteiger partial charge in [0.1, 0.15) is 12.3 Å². The third kappa shape index (κ3) is 4.83.